The van der Waals surface area contributed by atoms with Crippen LogP contribution in [0.5, 0.6) is 0 Å². The predicted molar refractivity (Wildman–Crippen MR) is 58.6 cm³/mol. The van der Waals surface area contributed by atoms with Gasteiger partial charge in [-0.3, -0.25) is 0 Å². The topological polar surface area (TPSA) is 50.1 Å². The Morgan fingerprint density at radius 1 is 1.67 bits per heavy atom. The van der Waals surface area contributed by atoms with Crippen LogP contribution in [0.4, 0.5) is 0 Å². The smallest absolute Gasteiger partial charge is 0.150 e. The lowest BCUT2D eigenvalue weighted by atomic mass is 10.1. The van der Waals surface area contributed by atoms with E-state index in [0.29, 0.717) is 6.04 Å². The van der Waals surface area contributed by atoms with Crippen LogP contribution in [0.1, 0.15) is 30.7 Å². The van der Waals surface area contributed by atoms with Gasteiger partial charge in [-0.15, -0.1) is 0 Å². The molecule has 0 saturated carbocycles. The second-order valence-corrected chi connectivity index (χ2v) is 4.19. The number of rotatable bonds is 5. The summed E-state index contributed by atoms with van der Waals surface area (Å²) in [5.41, 5.74) is 0.948. The third-order valence-corrected chi connectivity index (χ3v) is 2.81. The van der Waals surface area contributed by atoms with Crippen molar-refractivity contribution in [3.8, 4) is 0 Å². The highest BCUT2D eigenvalue weighted by molar-refractivity contribution is 5.02. The molecule has 1 aromatic heterocycles. The van der Waals surface area contributed by atoms with Gasteiger partial charge in [0.2, 0.25) is 0 Å². The van der Waals surface area contributed by atoms with Crippen molar-refractivity contribution < 1.29 is 4.52 Å². The molecule has 0 bridgehead atoms. The molecule has 4 nitrogen and oxygen atoms in total. The van der Waals surface area contributed by atoms with Crippen LogP contribution < -0.4 is 10.6 Å². The summed E-state index contributed by atoms with van der Waals surface area (Å²) < 4.78 is 5.11. The van der Waals surface area contributed by atoms with E-state index in [9.17, 15) is 0 Å². The Bertz CT molecular complexity index is 292. The summed E-state index contributed by atoms with van der Waals surface area (Å²) in [6.45, 7) is 4.95. The van der Waals surface area contributed by atoms with Gasteiger partial charge in [-0.25, -0.2) is 0 Å². The largest absolute Gasteiger partial charge is 0.360 e. The first-order chi connectivity index (χ1) is 7.34. The van der Waals surface area contributed by atoms with Gasteiger partial charge in [-0.1, -0.05) is 5.16 Å². The fourth-order valence-corrected chi connectivity index (χ4v) is 1.99. The van der Waals surface area contributed by atoms with Crippen molar-refractivity contribution >= 4 is 0 Å². The Hall–Kier alpha value is -0.870. The summed E-state index contributed by atoms with van der Waals surface area (Å²) in [7, 11) is 0. The summed E-state index contributed by atoms with van der Waals surface area (Å²) in [6, 6.07) is 2.69. The molecule has 1 aromatic rings. The molecule has 84 valence electrons. The minimum atomic E-state index is 0.717. The van der Waals surface area contributed by atoms with Crippen molar-refractivity contribution in [3.05, 3.63) is 17.5 Å². The van der Waals surface area contributed by atoms with E-state index in [1.807, 2.05) is 13.0 Å². The van der Waals surface area contributed by atoms with Gasteiger partial charge in [0, 0.05) is 12.1 Å². The van der Waals surface area contributed by atoms with Gasteiger partial charge in [0.25, 0.3) is 0 Å². The zero-order chi connectivity index (χ0) is 10.5. The molecule has 15 heavy (non-hydrogen) atoms. The van der Waals surface area contributed by atoms with Gasteiger partial charge in [0.1, 0.15) is 0 Å². The summed E-state index contributed by atoms with van der Waals surface area (Å²) in [5.74, 6) is 0.923. The number of nitrogens with zero attached hydrogens (tertiary/aromatic N) is 1. The summed E-state index contributed by atoms with van der Waals surface area (Å²) in [5, 5.41) is 10.7. The van der Waals surface area contributed by atoms with Crippen molar-refractivity contribution in [1.82, 2.24) is 15.8 Å². The highest BCUT2D eigenvalue weighted by atomic mass is 16.5. The molecule has 2 heterocycles. The van der Waals surface area contributed by atoms with Crippen molar-refractivity contribution in [2.75, 3.05) is 13.1 Å². The zero-order valence-corrected chi connectivity index (χ0v) is 9.25. The van der Waals surface area contributed by atoms with Crippen LogP contribution in [0.3, 0.4) is 0 Å². The molecule has 1 fully saturated rings. The molecule has 4 heteroatoms. The van der Waals surface area contributed by atoms with Crippen molar-refractivity contribution in [3.63, 3.8) is 0 Å². The molecule has 0 aliphatic carbocycles. The molecule has 1 unspecified atom stereocenters. The van der Waals surface area contributed by atoms with E-state index >= 15 is 0 Å². The van der Waals surface area contributed by atoms with E-state index < -0.39 is 0 Å². The summed E-state index contributed by atoms with van der Waals surface area (Å²) in [4.78, 5) is 0. The molecule has 1 atom stereocenters. The van der Waals surface area contributed by atoms with E-state index in [2.05, 4.69) is 15.8 Å². The maximum Gasteiger partial charge on any atom is 0.150 e. The Morgan fingerprint density at radius 2 is 2.60 bits per heavy atom. The predicted octanol–water partition coefficient (Wildman–Crippen LogP) is 1.21. The second kappa shape index (κ2) is 5.28. The minimum absolute atomic E-state index is 0.717. The van der Waals surface area contributed by atoms with E-state index in [1.165, 1.54) is 25.8 Å². The fourth-order valence-electron chi connectivity index (χ4n) is 1.99. The fraction of sp³-hybridized carbons (Fsp3) is 0.727. The van der Waals surface area contributed by atoms with Crippen LogP contribution in [0, 0.1) is 6.92 Å². The summed E-state index contributed by atoms with van der Waals surface area (Å²) in [6.07, 6.45) is 3.85. The van der Waals surface area contributed by atoms with E-state index in [-0.39, 0.29) is 0 Å². The van der Waals surface area contributed by atoms with Gasteiger partial charge < -0.3 is 15.2 Å². The van der Waals surface area contributed by atoms with Crippen LogP contribution in [0.2, 0.25) is 0 Å². The van der Waals surface area contributed by atoms with Crippen LogP contribution in [-0.2, 0) is 6.54 Å². The Balaban J connectivity index is 1.58. The molecule has 2 N–H and O–H groups in total. The highest BCUT2D eigenvalue weighted by Gasteiger charge is 2.12. The van der Waals surface area contributed by atoms with Gasteiger partial charge in [-0.2, -0.15) is 0 Å². The lowest BCUT2D eigenvalue weighted by Crippen LogP contribution is -2.26. The number of hydrogen-bond acceptors (Lipinski definition) is 4. The molecule has 0 aromatic carbocycles. The summed E-state index contributed by atoms with van der Waals surface area (Å²) >= 11 is 0. The maximum atomic E-state index is 5.11. The maximum absolute atomic E-state index is 5.11. The Kier molecular flexibility index (Phi) is 3.75. The standard InChI is InChI=1S/C11H19N3O/c1-9-7-11(15-14-9)8-12-6-4-10-3-2-5-13-10/h7,10,12-13H,2-6,8H2,1H3. The van der Waals surface area contributed by atoms with Crippen LogP contribution in [0.25, 0.3) is 0 Å². The molecule has 1 aliphatic rings. The lowest BCUT2D eigenvalue weighted by Gasteiger charge is -2.09. The first-order valence-electron chi connectivity index (χ1n) is 5.71. The quantitative estimate of drug-likeness (QED) is 0.716. The van der Waals surface area contributed by atoms with Gasteiger partial charge in [0.05, 0.1) is 12.2 Å². The van der Waals surface area contributed by atoms with Crippen LogP contribution in [-0.4, -0.2) is 24.3 Å². The molecule has 2 rings (SSSR count). The van der Waals surface area contributed by atoms with Crippen molar-refractivity contribution in [2.24, 2.45) is 0 Å². The third-order valence-electron chi connectivity index (χ3n) is 2.81. The van der Waals surface area contributed by atoms with E-state index in [1.54, 1.807) is 0 Å². The number of aromatic nitrogens is 1. The van der Waals surface area contributed by atoms with Gasteiger partial charge >= 0.3 is 0 Å². The Morgan fingerprint density at radius 3 is 3.27 bits per heavy atom. The third kappa shape index (κ3) is 3.32. The molecule has 0 spiro atoms. The first kappa shape index (κ1) is 10.6. The number of aryl methyl sites for hydroxylation is 1. The highest BCUT2D eigenvalue weighted by Crippen LogP contribution is 2.07. The van der Waals surface area contributed by atoms with E-state index in [4.69, 9.17) is 4.52 Å². The molecular formula is C11H19N3O. The molecule has 0 radical (unpaired) electrons. The lowest BCUT2D eigenvalue weighted by molar-refractivity contribution is 0.367. The number of hydrogen-bond donors (Lipinski definition) is 2. The Labute approximate surface area is 90.4 Å². The average molecular weight is 209 g/mol. The van der Waals surface area contributed by atoms with E-state index in [0.717, 1.165) is 24.5 Å². The van der Waals surface area contributed by atoms with Gasteiger partial charge in [0.15, 0.2) is 5.76 Å². The number of nitrogens with one attached hydrogen (secondary N) is 2. The normalized spacial score (nSPS) is 21.0. The second-order valence-electron chi connectivity index (χ2n) is 4.19. The molecule has 0 amide bonds. The minimum Gasteiger partial charge on any atom is -0.360 e. The zero-order valence-electron chi connectivity index (χ0n) is 9.25. The van der Waals surface area contributed by atoms with Crippen LogP contribution in [0.15, 0.2) is 10.6 Å². The van der Waals surface area contributed by atoms with Crippen molar-refractivity contribution in [2.45, 2.75) is 38.8 Å². The first-order valence-corrected chi connectivity index (χ1v) is 5.71. The van der Waals surface area contributed by atoms with Crippen molar-refractivity contribution in [1.29, 1.82) is 0 Å². The van der Waals surface area contributed by atoms with Gasteiger partial charge in [-0.05, 0) is 39.3 Å². The monoisotopic (exact) mass is 209 g/mol. The van der Waals surface area contributed by atoms with Crippen LogP contribution >= 0.6 is 0 Å². The SMILES string of the molecule is Cc1cc(CNCCC2CCCN2)on1. The molecule has 1 saturated heterocycles. The molecule has 1 aliphatic heterocycles. The molecular weight excluding hydrogens is 190 g/mol. The average Bonchev–Trinajstić information content (AvgIpc) is 2.84.